The molecule has 3 amide bonds. The van der Waals surface area contributed by atoms with E-state index in [9.17, 15) is 14.4 Å². The summed E-state index contributed by atoms with van der Waals surface area (Å²) in [6, 6.07) is 4.74. The molecule has 3 N–H and O–H groups in total. The van der Waals surface area contributed by atoms with Gasteiger partial charge in [-0.25, -0.2) is 0 Å². The smallest absolute Gasteiger partial charge is 0.259 e. The minimum Gasteiger partial charge on any atom is -0.324 e. The molecule has 0 radical (unpaired) electrons. The van der Waals surface area contributed by atoms with Gasteiger partial charge in [0.1, 0.15) is 0 Å². The highest BCUT2D eigenvalue weighted by Crippen LogP contribution is 2.23. The average molecular weight is 287 g/mol. The van der Waals surface area contributed by atoms with Crippen molar-refractivity contribution in [3.63, 3.8) is 0 Å². The highest BCUT2D eigenvalue weighted by molar-refractivity contribution is 6.22. The third kappa shape index (κ3) is 2.42. The maximum Gasteiger partial charge on any atom is 0.259 e. The molecule has 1 aromatic rings. The van der Waals surface area contributed by atoms with Crippen molar-refractivity contribution in [3.05, 3.63) is 29.3 Å². The molecule has 110 valence electrons. The Balaban J connectivity index is 1.80. The van der Waals surface area contributed by atoms with Crippen LogP contribution in [0.4, 0.5) is 5.69 Å². The molecule has 1 unspecified atom stereocenters. The summed E-state index contributed by atoms with van der Waals surface area (Å²) in [6.07, 6.45) is 2.87. The maximum absolute atomic E-state index is 12.4. The summed E-state index contributed by atoms with van der Waals surface area (Å²) in [7, 11) is 0. The number of rotatable bonds is 2. The van der Waals surface area contributed by atoms with E-state index in [-0.39, 0.29) is 5.91 Å². The van der Waals surface area contributed by atoms with Crippen LogP contribution in [0.2, 0.25) is 0 Å². The zero-order valence-corrected chi connectivity index (χ0v) is 11.8. The molecule has 0 aliphatic carbocycles. The lowest BCUT2D eigenvalue weighted by molar-refractivity contribution is -0.122. The van der Waals surface area contributed by atoms with E-state index in [1.165, 1.54) is 0 Å². The molecule has 2 heterocycles. The second-order valence-corrected chi connectivity index (χ2v) is 5.71. The minimum absolute atomic E-state index is 0.119. The molecular weight excluding hydrogens is 270 g/mol. The zero-order valence-electron chi connectivity index (χ0n) is 11.8. The largest absolute Gasteiger partial charge is 0.324 e. The van der Waals surface area contributed by atoms with Crippen LogP contribution in [0, 0.1) is 0 Å². The number of hydrogen-bond donors (Lipinski definition) is 3. The molecular formula is C15H17N3O3. The van der Waals surface area contributed by atoms with Crippen LogP contribution in [0.5, 0.6) is 0 Å². The van der Waals surface area contributed by atoms with E-state index in [4.69, 9.17) is 0 Å². The number of amides is 3. The van der Waals surface area contributed by atoms with Crippen LogP contribution in [0.25, 0.3) is 0 Å². The van der Waals surface area contributed by atoms with E-state index in [2.05, 4.69) is 16.0 Å². The number of carbonyl (C=O) groups excluding carboxylic acids is 3. The predicted molar refractivity (Wildman–Crippen MR) is 77.1 cm³/mol. The van der Waals surface area contributed by atoms with Gasteiger partial charge in [-0.05, 0) is 50.9 Å². The van der Waals surface area contributed by atoms with Gasteiger partial charge in [0.05, 0.1) is 16.7 Å². The SMILES string of the molecule is CC1(C(=O)Nc2ccc3c(c2)C(=O)NC3=O)CCCCN1. The minimum atomic E-state index is -0.588. The summed E-state index contributed by atoms with van der Waals surface area (Å²) < 4.78 is 0. The average Bonchev–Trinajstić information content (AvgIpc) is 2.74. The molecule has 0 saturated carbocycles. The summed E-state index contributed by atoms with van der Waals surface area (Å²) in [5.41, 5.74) is 0.590. The molecule has 2 aliphatic rings. The van der Waals surface area contributed by atoms with Crippen molar-refractivity contribution in [3.8, 4) is 0 Å². The second kappa shape index (κ2) is 4.96. The predicted octanol–water partition coefficient (Wildman–Crippen LogP) is 1.04. The summed E-state index contributed by atoms with van der Waals surface area (Å²) >= 11 is 0. The van der Waals surface area contributed by atoms with Gasteiger partial charge in [-0.15, -0.1) is 0 Å². The lowest BCUT2D eigenvalue weighted by atomic mass is 9.90. The number of imide groups is 1. The van der Waals surface area contributed by atoms with Gasteiger partial charge in [0.15, 0.2) is 0 Å². The first-order valence-corrected chi connectivity index (χ1v) is 7.06. The Morgan fingerprint density at radius 2 is 1.95 bits per heavy atom. The van der Waals surface area contributed by atoms with Crippen molar-refractivity contribution >= 4 is 23.4 Å². The van der Waals surface area contributed by atoms with Crippen LogP contribution < -0.4 is 16.0 Å². The van der Waals surface area contributed by atoms with E-state index in [0.29, 0.717) is 16.8 Å². The van der Waals surface area contributed by atoms with Crippen LogP contribution in [-0.4, -0.2) is 29.8 Å². The molecule has 1 saturated heterocycles. The van der Waals surface area contributed by atoms with E-state index >= 15 is 0 Å². The van der Waals surface area contributed by atoms with Crippen LogP contribution >= 0.6 is 0 Å². The molecule has 3 rings (SSSR count). The zero-order chi connectivity index (χ0) is 15.0. The van der Waals surface area contributed by atoms with Crippen molar-refractivity contribution in [1.29, 1.82) is 0 Å². The number of anilines is 1. The maximum atomic E-state index is 12.4. The van der Waals surface area contributed by atoms with Gasteiger partial charge < -0.3 is 10.6 Å². The molecule has 6 heteroatoms. The van der Waals surface area contributed by atoms with Crippen LogP contribution in [-0.2, 0) is 4.79 Å². The lowest BCUT2D eigenvalue weighted by Gasteiger charge is -2.33. The fraction of sp³-hybridized carbons (Fsp3) is 0.400. The Labute approximate surface area is 122 Å². The van der Waals surface area contributed by atoms with E-state index in [0.717, 1.165) is 25.8 Å². The Kier molecular flexibility index (Phi) is 3.25. The van der Waals surface area contributed by atoms with Crippen LogP contribution in [0.3, 0.4) is 0 Å². The van der Waals surface area contributed by atoms with Gasteiger partial charge in [0.25, 0.3) is 11.8 Å². The first kappa shape index (κ1) is 13.8. The van der Waals surface area contributed by atoms with E-state index in [1.54, 1.807) is 18.2 Å². The van der Waals surface area contributed by atoms with Crippen molar-refractivity contribution in [1.82, 2.24) is 10.6 Å². The van der Waals surface area contributed by atoms with E-state index < -0.39 is 17.4 Å². The lowest BCUT2D eigenvalue weighted by Crippen LogP contribution is -2.54. The third-order valence-electron chi connectivity index (χ3n) is 4.11. The number of nitrogens with one attached hydrogen (secondary N) is 3. The van der Waals surface area contributed by atoms with Crippen LogP contribution in [0.1, 0.15) is 46.9 Å². The number of fused-ring (bicyclic) bond motifs is 1. The number of benzene rings is 1. The topological polar surface area (TPSA) is 87.3 Å². The molecule has 1 atom stereocenters. The van der Waals surface area contributed by atoms with Crippen molar-refractivity contribution in [2.75, 3.05) is 11.9 Å². The molecule has 0 spiro atoms. The summed E-state index contributed by atoms with van der Waals surface area (Å²) in [6.45, 7) is 2.70. The fourth-order valence-electron chi connectivity index (χ4n) is 2.76. The third-order valence-corrected chi connectivity index (χ3v) is 4.11. The second-order valence-electron chi connectivity index (χ2n) is 5.71. The first-order chi connectivity index (χ1) is 9.99. The Morgan fingerprint density at radius 3 is 2.67 bits per heavy atom. The van der Waals surface area contributed by atoms with Crippen molar-refractivity contribution in [2.45, 2.75) is 31.7 Å². The summed E-state index contributed by atoms with van der Waals surface area (Å²) in [4.78, 5) is 35.5. The molecule has 6 nitrogen and oxygen atoms in total. The molecule has 2 aliphatic heterocycles. The quantitative estimate of drug-likeness (QED) is 0.709. The Hall–Kier alpha value is -2.21. The van der Waals surface area contributed by atoms with Gasteiger partial charge >= 0.3 is 0 Å². The summed E-state index contributed by atoms with van der Waals surface area (Å²) in [5.74, 6) is -0.936. The standard InChI is InChI=1S/C15H17N3O3/c1-15(6-2-3-7-16-15)14(21)17-9-4-5-10-11(8-9)13(20)18-12(10)19/h4-5,8,16H,2-3,6-7H2,1H3,(H,17,21)(H,18,19,20). The normalized spacial score (nSPS) is 24.4. The number of hydrogen-bond acceptors (Lipinski definition) is 4. The number of carbonyl (C=O) groups is 3. The molecule has 21 heavy (non-hydrogen) atoms. The Morgan fingerprint density at radius 1 is 1.19 bits per heavy atom. The highest BCUT2D eigenvalue weighted by Gasteiger charge is 2.34. The highest BCUT2D eigenvalue weighted by atomic mass is 16.2. The van der Waals surface area contributed by atoms with Gasteiger partial charge in [-0.1, -0.05) is 0 Å². The van der Waals surface area contributed by atoms with Crippen molar-refractivity contribution in [2.24, 2.45) is 0 Å². The monoisotopic (exact) mass is 287 g/mol. The van der Waals surface area contributed by atoms with Crippen LogP contribution in [0.15, 0.2) is 18.2 Å². The fourth-order valence-corrected chi connectivity index (χ4v) is 2.76. The number of piperidine rings is 1. The van der Waals surface area contributed by atoms with Gasteiger partial charge in [0, 0.05) is 5.69 Å². The molecule has 0 bridgehead atoms. The van der Waals surface area contributed by atoms with Gasteiger partial charge in [0.2, 0.25) is 5.91 Å². The Bertz CT molecular complexity index is 633. The van der Waals surface area contributed by atoms with Crippen molar-refractivity contribution < 1.29 is 14.4 Å². The van der Waals surface area contributed by atoms with E-state index in [1.807, 2.05) is 6.92 Å². The molecule has 1 aromatic carbocycles. The molecule has 0 aromatic heterocycles. The summed E-state index contributed by atoms with van der Waals surface area (Å²) in [5, 5.41) is 8.29. The first-order valence-electron chi connectivity index (χ1n) is 7.06. The molecule has 1 fully saturated rings. The van der Waals surface area contributed by atoms with Gasteiger partial charge in [-0.2, -0.15) is 0 Å². The van der Waals surface area contributed by atoms with Gasteiger partial charge in [-0.3, -0.25) is 19.7 Å².